The van der Waals surface area contributed by atoms with E-state index >= 15 is 0 Å². The Kier molecular flexibility index (Phi) is 3.91. The number of halogens is 2. The van der Waals surface area contributed by atoms with Gasteiger partial charge in [0.1, 0.15) is 0 Å². The molecule has 0 radical (unpaired) electrons. The van der Waals surface area contributed by atoms with Crippen LogP contribution < -0.4 is 0 Å². The van der Waals surface area contributed by atoms with Crippen molar-refractivity contribution in [2.45, 2.75) is 26.0 Å². The normalized spacial score (nSPS) is 24.4. The zero-order valence-electron chi connectivity index (χ0n) is 11.3. The number of hydrogen-bond donors (Lipinski definition) is 1. The number of rotatable bonds is 2. The molecule has 0 saturated carbocycles. The molecule has 0 aromatic carbocycles. The van der Waals surface area contributed by atoms with Crippen LogP contribution in [0.3, 0.4) is 0 Å². The van der Waals surface area contributed by atoms with Crippen LogP contribution in [0.5, 0.6) is 0 Å². The number of hydrogen-bond acceptors (Lipinski definition) is 3. The smallest absolute Gasteiger partial charge is 0.156 e. The molecule has 1 aliphatic rings. The number of nitrogens with zero attached hydrogens (tertiary/aromatic N) is 3. The van der Waals surface area contributed by atoms with E-state index < -0.39 is 0 Å². The molecule has 0 aliphatic carbocycles. The second kappa shape index (κ2) is 5.53. The predicted molar refractivity (Wildman–Crippen MR) is 80.3 cm³/mol. The fourth-order valence-corrected chi connectivity index (χ4v) is 3.17. The minimum absolute atomic E-state index is 0.251. The van der Waals surface area contributed by atoms with Gasteiger partial charge in [0, 0.05) is 25.5 Å². The molecule has 1 fully saturated rings. The number of β-amino-alcohol motifs (C(OH)–C–C–N with tert-alkyl or cyclic N) is 1. The van der Waals surface area contributed by atoms with Gasteiger partial charge in [-0.25, -0.2) is 4.98 Å². The highest BCUT2D eigenvalue weighted by atomic mass is 35.5. The fourth-order valence-electron chi connectivity index (χ4n) is 2.64. The van der Waals surface area contributed by atoms with Gasteiger partial charge in [0.15, 0.2) is 5.65 Å². The Labute approximate surface area is 127 Å². The summed E-state index contributed by atoms with van der Waals surface area (Å²) in [5.74, 6) is 0.376. The summed E-state index contributed by atoms with van der Waals surface area (Å²) in [6.45, 7) is 4.50. The van der Waals surface area contributed by atoms with Crippen molar-refractivity contribution < 1.29 is 5.11 Å². The van der Waals surface area contributed by atoms with Gasteiger partial charge in [0.2, 0.25) is 0 Å². The van der Waals surface area contributed by atoms with Crippen LogP contribution in [-0.4, -0.2) is 38.6 Å². The quantitative estimate of drug-likeness (QED) is 0.927. The molecule has 2 unspecified atom stereocenters. The highest BCUT2D eigenvalue weighted by Crippen LogP contribution is 2.23. The van der Waals surface area contributed by atoms with Crippen LogP contribution in [0, 0.1) is 5.92 Å². The molecule has 3 heterocycles. The molecule has 0 amide bonds. The van der Waals surface area contributed by atoms with Gasteiger partial charge in [-0.3, -0.25) is 4.90 Å². The lowest BCUT2D eigenvalue weighted by Crippen LogP contribution is -2.42. The number of aromatic nitrogens is 2. The first kappa shape index (κ1) is 14.1. The third-order valence-corrected chi connectivity index (χ3v) is 4.40. The Morgan fingerprint density at radius 1 is 1.40 bits per heavy atom. The number of aliphatic hydroxyl groups excluding tert-OH is 1. The van der Waals surface area contributed by atoms with Gasteiger partial charge >= 0.3 is 0 Å². The van der Waals surface area contributed by atoms with E-state index in [-0.39, 0.29) is 6.10 Å². The van der Waals surface area contributed by atoms with Crippen molar-refractivity contribution in [1.29, 1.82) is 0 Å². The first-order chi connectivity index (χ1) is 9.52. The summed E-state index contributed by atoms with van der Waals surface area (Å²) >= 11 is 12.1. The lowest BCUT2D eigenvalue weighted by molar-refractivity contribution is 0.0255. The summed E-state index contributed by atoms with van der Waals surface area (Å²) in [7, 11) is 0. The maximum absolute atomic E-state index is 9.94. The molecule has 3 rings (SSSR count). The largest absolute Gasteiger partial charge is 0.392 e. The molecule has 1 saturated heterocycles. The van der Waals surface area contributed by atoms with Crippen LogP contribution in [-0.2, 0) is 6.54 Å². The van der Waals surface area contributed by atoms with E-state index in [9.17, 15) is 5.11 Å². The van der Waals surface area contributed by atoms with Gasteiger partial charge in [-0.05, 0) is 24.9 Å². The Morgan fingerprint density at radius 3 is 2.95 bits per heavy atom. The van der Waals surface area contributed by atoms with E-state index in [1.54, 1.807) is 12.3 Å². The SMILES string of the molecule is CC1CCN(Cc2cn3cc(Cl)cc(Cl)c3n2)CC1O. The van der Waals surface area contributed by atoms with Crippen LogP contribution >= 0.6 is 23.2 Å². The van der Waals surface area contributed by atoms with Gasteiger partial charge < -0.3 is 9.51 Å². The van der Waals surface area contributed by atoms with Gasteiger partial charge in [-0.2, -0.15) is 0 Å². The second-order valence-corrected chi connectivity index (χ2v) is 6.38. The molecule has 0 spiro atoms. The topological polar surface area (TPSA) is 40.8 Å². The van der Waals surface area contributed by atoms with Crippen LogP contribution in [0.2, 0.25) is 10.0 Å². The van der Waals surface area contributed by atoms with E-state index in [2.05, 4.69) is 16.8 Å². The first-order valence-corrected chi connectivity index (χ1v) is 7.51. The van der Waals surface area contributed by atoms with Crippen molar-refractivity contribution in [2.24, 2.45) is 5.92 Å². The Bertz CT molecular complexity index is 628. The highest BCUT2D eigenvalue weighted by molar-refractivity contribution is 6.36. The maximum atomic E-state index is 9.94. The Hall–Kier alpha value is -0.810. The number of likely N-dealkylation sites (tertiary alicyclic amines) is 1. The van der Waals surface area contributed by atoms with Crippen LogP contribution in [0.1, 0.15) is 19.0 Å². The van der Waals surface area contributed by atoms with Gasteiger partial charge in [0.05, 0.1) is 21.8 Å². The van der Waals surface area contributed by atoms with E-state index in [1.807, 2.05) is 10.6 Å². The number of pyridine rings is 1. The zero-order valence-corrected chi connectivity index (χ0v) is 12.8. The maximum Gasteiger partial charge on any atom is 0.156 e. The lowest BCUT2D eigenvalue weighted by atomic mass is 9.96. The molecule has 20 heavy (non-hydrogen) atoms. The van der Waals surface area contributed by atoms with E-state index in [4.69, 9.17) is 23.2 Å². The van der Waals surface area contributed by atoms with Crippen molar-refractivity contribution in [3.8, 4) is 0 Å². The standard InChI is InChI=1S/C14H17Cl2N3O/c1-9-2-3-18(8-13(9)20)6-11-7-19-5-10(15)4-12(16)14(19)17-11/h4-5,7,9,13,20H,2-3,6,8H2,1H3. The van der Waals surface area contributed by atoms with Crippen molar-refractivity contribution in [2.75, 3.05) is 13.1 Å². The molecule has 1 N–H and O–H groups in total. The number of imidazole rings is 1. The number of piperidine rings is 1. The minimum atomic E-state index is -0.251. The van der Waals surface area contributed by atoms with Crippen LogP contribution in [0.25, 0.3) is 5.65 Å². The summed E-state index contributed by atoms with van der Waals surface area (Å²) in [6, 6.07) is 1.70. The monoisotopic (exact) mass is 313 g/mol. The second-order valence-electron chi connectivity index (χ2n) is 5.54. The van der Waals surface area contributed by atoms with E-state index in [0.29, 0.717) is 22.5 Å². The summed E-state index contributed by atoms with van der Waals surface area (Å²) in [5, 5.41) is 11.1. The van der Waals surface area contributed by atoms with Gasteiger partial charge in [-0.1, -0.05) is 30.1 Å². The summed E-state index contributed by atoms with van der Waals surface area (Å²) < 4.78 is 1.85. The molecule has 2 aromatic heterocycles. The van der Waals surface area contributed by atoms with Gasteiger partial charge in [-0.15, -0.1) is 0 Å². The van der Waals surface area contributed by atoms with E-state index in [1.165, 1.54) is 0 Å². The van der Waals surface area contributed by atoms with Crippen molar-refractivity contribution in [3.63, 3.8) is 0 Å². The zero-order chi connectivity index (χ0) is 14.3. The first-order valence-electron chi connectivity index (χ1n) is 6.76. The molecule has 1 aliphatic heterocycles. The molecule has 2 aromatic rings. The summed E-state index contributed by atoms with van der Waals surface area (Å²) in [6.07, 6.45) is 4.50. The van der Waals surface area contributed by atoms with Crippen molar-refractivity contribution in [3.05, 3.63) is 34.2 Å². The predicted octanol–water partition coefficient (Wildman–Crippen LogP) is 2.84. The molecule has 2 atom stereocenters. The summed E-state index contributed by atoms with van der Waals surface area (Å²) in [5.41, 5.74) is 1.66. The number of fused-ring (bicyclic) bond motifs is 1. The van der Waals surface area contributed by atoms with Crippen molar-refractivity contribution in [1.82, 2.24) is 14.3 Å². The average molecular weight is 314 g/mol. The molecule has 0 bridgehead atoms. The lowest BCUT2D eigenvalue weighted by Gasteiger charge is -2.33. The van der Waals surface area contributed by atoms with Crippen molar-refractivity contribution >= 4 is 28.8 Å². The third-order valence-electron chi connectivity index (χ3n) is 3.91. The Morgan fingerprint density at radius 2 is 2.20 bits per heavy atom. The third kappa shape index (κ3) is 2.79. The molecule has 108 valence electrons. The average Bonchev–Trinajstić information content (AvgIpc) is 2.76. The number of aliphatic hydroxyl groups is 1. The molecule has 6 heteroatoms. The fraction of sp³-hybridized carbons (Fsp3) is 0.500. The molecule has 4 nitrogen and oxygen atoms in total. The van der Waals surface area contributed by atoms with Crippen LogP contribution in [0.4, 0.5) is 0 Å². The van der Waals surface area contributed by atoms with Gasteiger partial charge in [0.25, 0.3) is 0 Å². The highest BCUT2D eigenvalue weighted by Gasteiger charge is 2.24. The molecular formula is C14H17Cl2N3O. The van der Waals surface area contributed by atoms with Crippen LogP contribution in [0.15, 0.2) is 18.5 Å². The molecular weight excluding hydrogens is 297 g/mol. The summed E-state index contributed by atoms with van der Waals surface area (Å²) in [4.78, 5) is 6.76. The Balaban J connectivity index is 1.80. The van der Waals surface area contributed by atoms with E-state index in [0.717, 1.165) is 30.9 Å². The minimum Gasteiger partial charge on any atom is -0.392 e.